The van der Waals surface area contributed by atoms with Gasteiger partial charge in [0.25, 0.3) is 0 Å². The molecule has 1 aromatic carbocycles. The van der Waals surface area contributed by atoms with E-state index in [1.165, 1.54) is 19.1 Å². The van der Waals surface area contributed by atoms with Crippen LogP contribution in [0, 0.1) is 5.92 Å². The van der Waals surface area contributed by atoms with Gasteiger partial charge >= 0.3 is 0 Å². The number of amides is 1. The van der Waals surface area contributed by atoms with Gasteiger partial charge in [0.2, 0.25) is 15.9 Å². The Bertz CT molecular complexity index is 764. The summed E-state index contributed by atoms with van der Waals surface area (Å²) >= 11 is 0. The van der Waals surface area contributed by atoms with Gasteiger partial charge in [-0.3, -0.25) is 4.79 Å². The molecule has 2 unspecified atom stereocenters. The Kier molecular flexibility index (Phi) is 5.69. The summed E-state index contributed by atoms with van der Waals surface area (Å²) < 4.78 is 38.7. The van der Waals surface area contributed by atoms with Crippen molar-refractivity contribution in [1.82, 2.24) is 10.0 Å². The summed E-state index contributed by atoms with van der Waals surface area (Å²) in [6, 6.07) is 3.40. The molecule has 144 valence electrons. The highest BCUT2D eigenvalue weighted by molar-refractivity contribution is 7.89. The quantitative estimate of drug-likeness (QED) is 0.626. The van der Waals surface area contributed by atoms with E-state index in [2.05, 4.69) is 10.0 Å². The van der Waals surface area contributed by atoms with E-state index in [0.717, 1.165) is 19.3 Å². The van der Waals surface area contributed by atoms with Crippen LogP contribution < -0.4 is 25.2 Å². The number of hydrogen-bond acceptors (Lipinski definition) is 6. The first kappa shape index (κ1) is 18.9. The molecule has 1 fully saturated rings. The molecule has 0 radical (unpaired) electrons. The van der Waals surface area contributed by atoms with Gasteiger partial charge in [-0.15, -0.1) is 0 Å². The van der Waals surface area contributed by atoms with Gasteiger partial charge in [-0.05, 0) is 37.8 Å². The Morgan fingerprint density at radius 2 is 1.96 bits per heavy atom. The molecule has 1 saturated carbocycles. The molecule has 26 heavy (non-hydrogen) atoms. The number of fused-ring (bicyclic) bond motifs is 1. The number of carbonyl (C=O) groups is 1. The molecule has 1 aliphatic carbocycles. The van der Waals surface area contributed by atoms with Crippen molar-refractivity contribution < 1.29 is 22.7 Å². The summed E-state index contributed by atoms with van der Waals surface area (Å²) in [5.41, 5.74) is 5.68. The predicted molar refractivity (Wildman–Crippen MR) is 95.5 cm³/mol. The van der Waals surface area contributed by atoms with E-state index in [4.69, 9.17) is 15.2 Å². The standard InChI is InChI=1S/C17H25N3O5S/c1-11(17(21)19-14(10-18)12-3-4-12)20-26(22,23)13-5-6-15-16(9-13)25-8-2-7-24-15/h5-6,9,11-12,14,20H,2-4,7-8,10,18H2,1H3,(H,19,21). The van der Waals surface area contributed by atoms with E-state index in [1.807, 2.05) is 0 Å². The van der Waals surface area contributed by atoms with Crippen molar-refractivity contribution in [3.05, 3.63) is 18.2 Å². The Morgan fingerprint density at radius 3 is 2.62 bits per heavy atom. The lowest BCUT2D eigenvalue weighted by Crippen LogP contribution is -2.50. The average molecular weight is 383 g/mol. The average Bonchev–Trinajstić information content (AvgIpc) is 3.45. The highest BCUT2D eigenvalue weighted by Crippen LogP contribution is 2.33. The Morgan fingerprint density at radius 1 is 1.27 bits per heavy atom. The Hall–Kier alpha value is -1.84. The molecular formula is C17H25N3O5S. The molecule has 1 amide bonds. The first-order valence-electron chi connectivity index (χ1n) is 8.83. The summed E-state index contributed by atoms with van der Waals surface area (Å²) in [7, 11) is -3.87. The third-order valence-corrected chi connectivity index (χ3v) is 6.07. The minimum Gasteiger partial charge on any atom is -0.490 e. The van der Waals surface area contributed by atoms with Gasteiger partial charge in [0.1, 0.15) is 0 Å². The van der Waals surface area contributed by atoms with Gasteiger partial charge in [0, 0.05) is 25.1 Å². The first-order valence-corrected chi connectivity index (χ1v) is 10.3. The third kappa shape index (κ3) is 4.46. The maximum atomic E-state index is 12.6. The topological polar surface area (TPSA) is 120 Å². The van der Waals surface area contributed by atoms with Gasteiger partial charge in [-0.25, -0.2) is 8.42 Å². The van der Waals surface area contributed by atoms with E-state index in [1.54, 1.807) is 6.07 Å². The van der Waals surface area contributed by atoms with E-state index in [0.29, 0.717) is 37.2 Å². The zero-order chi connectivity index (χ0) is 18.7. The summed E-state index contributed by atoms with van der Waals surface area (Å²) in [4.78, 5) is 12.3. The molecule has 2 aliphatic rings. The number of nitrogens with two attached hydrogens (primary N) is 1. The van der Waals surface area contributed by atoms with Crippen molar-refractivity contribution in [2.24, 2.45) is 11.7 Å². The second-order valence-electron chi connectivity index (χ2n) is 6.69. The molecule has 1 aliphatic heterocycles. The van der Waals surface area contributed by atoms with Crippen LogP contribution in [-0.2, 0) is 14.8 Å². The second-order valence-corrected chi connectivity index (χ2v) is 8.40. The predicted octanol–water partition coefficient (Wildman–Crippen LogP) is 0.368. The van der Waals surface area contributed by atoms with Crippen LogP contribution in [0.4, 0.5) is 0 Å². The Balaban J connectivity index is 1.67. The largest absolute Gasteiger partial charge is 0.490 e. The van der Waals surface area contributed by atoms with Crippen LogP contribution in [0.15, 0.2) is 23.1 Å². The van der Waals surface area contributed by atoms with Crippen molar-refractivity contribution in [3.63, 3.8) is 0 Å². The maximum Gasteiger partial charge on any atom is 0.241 e. The van der Waals surface area contributed by atoms with Crippen molar-refractivity contribution in [1.29, 1.82) is 0 Å². The van der Waals surface area contributed by atoms with Gasteiger partial charge in [0.15, 0.2) is 11.5 Å². The number of ether oxygens (including phenoxy) is 2. The van der Waals surface area contributed by atoms with Crippen LogP contribution in [0.1, 0.15) is 26.2 Å². The molecule has 0 bridgehead atoms. The zero-order valence-corrected chi connectivity index (χ0v) is 15.6. The number of nitrogens with one attached hydrogen (secondary N) is 2. The van der Waals surface area contributed by atoms with Crippen LogP contribution >= 0.6 is 0 Å². The van der Waals surface area contributed by atoms with Crippen LogP contribution in [0.3, 0.4) is 0 Å². The molecule has 4 N–H and O–H groups in total. The smallest absolute Gasteiger partial charge is 0.241 e. The molecule has 0 aromatic heterocycles. The van der Waals surface area contributed by atoms with E-state index in [-0.39, 0.29) is 16.8 Å². The summed E-state index contributed by atoms with van der Waals surface area (Å²) in [6.07, 6.45) is 2.81. The minimum absolute atomic E-state index is 0.0268. The lowest BCUT2D eigenvalue weighted by atomic mass is 10.2. The summed E-state index contributed by atoms with van der Waals surface area (Å²) in [6.45, 7) is 2.84. The molecule has 2 atom stereocenters. The SMILES string of the molecule is CC(NS(=O)(=O)c1ccc2c(c1)OCCCO2)C(=O)NC(CN)C1CC1. The fraction of sp³-hybridized carbons (Fsp3) is 0.588. The first-order chi connectivity index (χ1) is 12.4. The van der Waals surface area contributed by atoms with Gasteiger partial charge in [0.05, 0.1) is 24.2 Å². The molecular weight excluding hydrogens is 358 g/mol. The molecule has 0 saturated heterocycles. The van der Waals surface area contributed by atoms with Crippen LogP contribution in [-0.4, -0.2) is 46.2 Å². The summed E-state index contributed by atoms with van der Waals surface area (Å²) in [5.74, 6) is 0.918. The maximum absolute atomic E-state index is 12.6. The minimum atomic E-state index is -3.87. The number of carbonyl (C=O) groups excluding carboxylic acids is 1. The normalized spacial score (nSPS) is 19.3. The molecule has 9 heteroatoms. The lowest BCUT2D eigenvalue weighted by molar-refractivity contribution is -0.123. The number of rotatable bonds is 7. The molecule has 1 aromatic rings. The van der Waals surface area contributed by atoms with Crippen molar-refractivity contribution >= 4 is 15.9 Å². The van der Waals surface area contributed by atoms with E-state index in [9.17, 15) is 13.2 Å². The van der Waals surface area contributed by atoms with Crippen LogP contribution in [0.2, 0.25) is 0 Å². The number of sulfonamides is 1. The van der Waals surface area contributed by atoms with Crippen LogP contribution in [0.5, 0.6) is 11.5 Å². The van der Waals surface area contributed by atoms with Gasteiger partial charge in [-0.1, -0.05) is 0 Å². The van der Waals surface area contributed by atoms with E-state index < -0.39 is 16.1 Å². The third-order valence-electron chi connectivity index (χ3n) is 4.53. The molecule has 8 nitrogen and oxygen atoms in total. The van der Waals surface area contributed by atoms with Crippen LogP contribution in [0.25, 0.3) is 0 Å². The molecule has 3 rings (SSSR count). The number of hydrogen-bond donors (Lipinski definition) is 3. The lowest BCUT2D eigenvalue weighted by Gasteiger charge is -2.20. The summed E-state index contributed by atoms with van der Waals surface area (Å²) in [5, 5.41) is 2.83. The highest BCUT2D eigenvalue weighted by atomic mass is 32.2. The molecule has 0 spiro atoms. The number of benzene rings is 1. The highest BCUT2D eigenvalue weighted by Gasteiger charge is 2.33. The molecule has 1 heterocycles. The van der Waals surface area contributed by atoms with E-state index >= 15 is 0 Å². The van der Waals surface area contributed by atoms with Gasteiger partial charge in [-0.2, -0.15) is 4.72 Å². The fourth-order valence-electron chi connectivity index (χ4n) is 2.84. The van der Waals surface area contributed by atoms with Crippen molar-refractivity contribution in [2.75, 3.05) is 19.8 Å². The second kappa shape index (κ2) is 7.81. The zero-order valence-electron chi connectivity index (χ0n) is 14.7. The Labute approximate surface area is 153 Å². The fourth-order valence-corrected chi connectivity index (χ4v) is 4.06. The monoisotopic (exact) mass is 383 g/mol. The van der Waals surface area contributed by atoms with Crippen molar-refractivity contribution in [3.8, 4) is 11.5 Å². The van der Waals surface area contributed by atoms with Crippen molar-refractivity contribution in [2.45, 2.75) is 43.2 Å². The van der Waals surface area contributed by atoms with Gasteiger partial charge < -0.3 is 20.5 Å².